The van der Waals surface area contributed by atoms with E-state index in [2.05, 4.69) is 10.1 Å². The maximum Gasteiger partial charge on any atom is 0.509 e. The monoisotopic (exact) mass is 281 g/mol. The van der Waals surface area contributed by atoms with E-state index in [0.29, 0.717) is 6.07 Å². The number of benzene rings is 1. The van der Waals surface area contributed by atoms with Gasteiger partial charge in [-0.1, -0.05) is 9.95 Å². The van der Waals surface area contributed by atoms with E-state index in [0.717, 1.165) is 12.1 Å². The summed E-state index contributed by atoms with van der Waals surface area (Å²) in [7, 11) is -5.38. The minimum Gasteiger partial charge on any atom is -0.445 e. The van der Waals surface area contributed by atoms with Gasteiger partial charge in [0.1, 0.15) is 5.75 Å². The minimum atomic E-state index is -5.38. The van der Waals surface area contributed by atoms with Gasteiger partial charge in [0.15, 0.2) is 0 Å². The molecule has 98 valence electrons. The van der Waals surface area contributed by atoms with Crippen molar-refractivity contribution in [3.8, 4) is 18.1 Å². The van der Waals surface area contributed by atoms with Crippen molar-refractivity contribution in [2.24, 2.45) is 0 Å². The van der Waals surface area contributed by atoms with Crippen molar-refractivity contribution in [1.29, 1.82) is 0 Å². The van der Waals surface area contributed by atoms with Crippen LogP contribution in [-0.4, -0.2) is 15.4 Å². The van der Waals surface area contributed by atoms with Crippen molar-refractivity contribution < 1.29 is 29.4 Å². The Labute approximate surface area is 101 Å². The molecule has 1 aromatic carbocycles. The van der Waals surface area contributed by atoms with Crippen molar-refractivity contribution in [3.05, 3.63) is 23.8 Å². The fourth-order valence-corrected chi connectivity index (χ4v) is 1.58. The second-order valence-electron chi connectivity index (χ2n) is 3.34. The first-order valence-electron chi connectivity index (χ1n) is 4.53. The maximum absolute atomic E-state index is 12.5. The molecule has 0 atom stereocenters. The molecular formula is C9H6BF4O3S-. The number of terminal acetylenes is 1. The molecule has 0 amide bonds. The summed E-state index contributed by atoms with van der Waals surface area (Å²) in [5, 5.41) is 0. The van der Waals surface area contributed by atoms with E-state index in [1.165, 1.54) is 0 Å². The highest BCUT2D eigenvalue weighted by atomic mass is 32.3. The summed E-state index contributed by atoms with van der Waals surface area (Å²) < 4.78 is 74.1. The first-order chi connectivity index (χ1) is 8.12. The van der Waals surface area contributed by atoms with Gasteiger partial charge in [0, 0.05) is 6.42 Å². The molecule has 0 heterocycles. The number of halogens is 4. The van der Waals surface area contributed by atoms with Crippen LogP contribution in [0.1, 0.15) is 5.56 Å². The second-order valence-corrected chi connectivity index (χ2v) is 4.30. The summed E-state index contributed by atoms with van der Waals surface area (Å²) in [6, 6.07) is 2.09. The van der Waals surface area contributed by atoms with Gasteiger partial charge in [-0.15, -0.1) is 17.8 Å². The Morgan fingerprint density at radius 1 is 1.28 bits per heavy atom. The van der Waals surface area contributed by atoms with E-state index in [4.69, 9.17) is 6.42 Å². The Bertz CT molecular complexity index is 589. The molecule has 0 aliphatic rings. The molecule has 1 rings (SSSR count). The molecule has 0 aliphatic carbocycles. The van der Waals surface area contributed by atoms with Crippen LogP contribution in [-0.2, 0) is 16.9 Å². The van der Waals surface area contributed by atoms with Crippen LogP contribution in [0.25, 0.3) is 0 Å². The fraction of sp³-hybridized carbons (Fsp3) is 0.111. The molecule has 1 aromatic rings. The van der Waals surface area contributed by atoms with E-state index in [9.17, 15) is 25.3 Å². The van der Waals surface area contributed by atoms with Crippen molar-refractivity contribution in [2.45, 2.75) is 6.42 Å². The molecule has 0 bridgehead atoms. The Morgan fingerprint density at radius 3 is 2.33 bits per heavy atom. The second kappa shape index (κ2) is 4.90. The first-order valence-corrected chi connectivity index (χ1v) is 5.84. The van der Waals surface area contributed by atoms with Gasteiger partial charge in [-0.25, -0.2) is 0 Å². The van der Waals surface area contributed by atoms with Crippen molar-refractivity contribution in [3.63, 3.8) is 0 Å². The Hall–Kier alpha value is -1.69. The summed E-state index contributed by atoms with van der Waals surface area (Å²) in [4.78, 5) is 0. The molecule has 0 saturated heterocycles. The largest absolute Gasteiger partial charge is 0.509 e. The van der Waals surface area contributed by atoms with Crippen molar-refractivity contribution >= 4 is 22.9 Å². The summed E-state index contributed by atoms with van der Waals surface area (Å²) in [6.07, 6.45) is 4.77. The number of hydrogen-bond donors (Lipinski definition) is 0. The molecule has 3 nitrogen and oxygen atoms in total. The van der Waals surface area contributed by atoms with Crippen LogP contribution in [0.5, 0.6) is 5.75 Å². The van der Waals surface area contributed by atoms with E-state index in [1.807, 2.05) is 0 Å². The highest BCUT2D eigenvalue weighted by molar-refractivity contribution is 7.81. The average molecular weight is 281 g/mol. The highest BCUT2D eigenvalue weighted by Gasteiger charge is 2.27. The standard InChI is InChI=1S/C9H6BF4O3S/c1-2-3-7-4-8(10(11,12)13)6-9(5-7)17-18(14,15)16/h1,4-6H,3H2/q-1. The molecule has 18 heavy (non-hydrogen) atoms. The van der Waals surface area contributed by atoms with Crippen LogP contribution in [0.3, 0.4) is 0 Å². The van der Waals surface area contributed by atoms with Gasteiger partial charge >= 0.3 is 17.5 Å². The fourth-order valence-electron chi connectivity index (χ4n) is 1.26. The van der Waals surface area contributed by atoms with E-state index >= 15 is 0 Å². The van der Waals surface area contributed by atoms with E-state index in [-0.39, 0.29) is 12.0 Å². The van der Waals surface area contributed by atoms with Gasteiger partial charge in [0.2, 0.25) is 0 Å². The van der Waals surface area contributed by atoms with Crippen molar-refractivity contribution in [1.82, 2.24) is 0 Å². The molecule has 0 fully saturated rings. The quantitative estimate of drug-likeness (QED) is 0.363. The Morgan fingerprint density at radius 2 is 1.89 bits per heavy atom. The van der Waals surface area contributed by atoms with Crippen LogP contribution in [0.15, 0.2) is 18.2 Å². The molecule has 0 saturated carbocycles. The Kier molecular flexibility index (Phi) is 3.91. The topological polar surface area (TPSA) is 43.4 Å². The lowest BCUT2D eigenvalue weighted by molar-refractivity contribution is 0.439. The van der Waals surface area contributed by atoms with Gasteiger partial charge in [0.25, 0.3) is 0 Å². The average Bonchev–Trinajstić information content (AvgIpc) is 2.13. The van der Waals surface area contributed by atoms with Crippen LogP contribution in [0, 0.1) is 12.3 Å². The zero-order chi connectivity index (χ0) is 14.0. The number of hydrogen-bond acceptors (Lipinski definition) is 3. The predicted molar refractivity (Wildman–Crippen MR) is 58.3 cm³/mol. The molecular weight excluding hydrogens is 275 g/mol. The maximum atomic E-state index is 12.5. The highest BCUT2D eigenvalue weighted by Crippen LogP contribution is 2.19. The molecule has 0 aromatic heterocycles. The number of rotatable bonds is 4. The molecule has 0 aliphatic heterocycles. The van der Waals surface area contributed by atoms with E-state index in [1.54, 1.807) is 0 Å². The smallest absolute Gasteiger partial charge is 0.445 e. The van der Waals surface area contributed by atoms with Gasteiger partial charge in [-0.05, 0) is 17.7 Å². The summed E-state index contributed by atoms with van der Waals surface area (Å²) in [6.45, 7) is -5.37. The molecule has 0 radical (unpaired) electrons. The molecule has 9 heteroatoms. The first kappa shape index (κ1) is 14.4. The Balaban J connectivity index is 3.27. The molecule has 0 unspecified atom stereocenters. The van der Waals surface area contributed by atoms with Gasteiger partial charge in [-0.3, -0.25) is 0 Å². The molecule has 0 N–H and O–H groups in total. The van der Waals surface area contributed by atoms with Gasteiger partial charge < -0.3 is 17.1 Å². The minimum absolute atomic E-state index is 0.00727. The van der Waals surface area contributed by atoms with Crippen LogP contribution >= 0.6 is 0 Å². The third-order valence-corrected chi connectivity index (χ3v) is 2.26. The normalized spacial score (nSPS) is 11.9. The van der Waals surface area contributed by atoms with E-state index < -0.39 is 28.7 Å². The third kappa shape index (κ3) is 4.29. The lowest BCUT2D eigenvalue weighted by Gasteiger charge is -2.16. The predicted octanol–water partition coefficient (Wildman–Crippen LogP) is 1.51. The van der Waals surface area contributed by atoms with Crippen LogP contribution < -0.4 is 9.65 Å². The summed E-state index contributed by atoms with van der Waals surface area (Å²) in [5.41, 5.74) is -1.10. The zero-order valence-corrected chi connectivity index (χ0v) is 9.56. The van der Waals surface area contributed by atoms with Gasteiger partial charge in [0.05, 0.1) is 0 Å². The van der Waals surface area contributed by atoms with Crippen LogP contribution in [0.4, 0.5) is 16.8 Å². The van der Waals surface area contributed by atoms with Crippen molar-refractivity contribution in [2.75, 3.05) is 0 Å². The zero-order valence-electron chi connectivity index (χ0n) is 8.74. The summed E-state index contributed by atoms with van der Waals surface area (Å²) in [5.74, 6) is 1.33. The van der Waals surface area contributed by atoms with Gasteiger partial charge in [-0.2, -0.15) is 8.42 Å². The SMILES string of the molecule is C#CCc1cc(OS(=O)(=O)F)cc([B-](F)(F)F)c1. The third-order valence-electron chi connectivity index (χ3n) is 1.87. The lowest BCUT2D eigenvalue weighted by Crippen LogP contribution is -2.34. The lowest BCUT2D eigenvalue weighted by atomic mass is 9.79. The molecule has 0 spiro atoms. The van der Waals surface area contributed by atoms with Crippen LogP contribution in [0.2, 0.25) is 0 Å². The summed E-state index contributed by atoms with van der Waals surface area (Å²) >= 11 is 0.